The summed E-state index contributed by atoms with van der Waals surface area (Å²) in [6, 6.07) is 6.19. The van der Waals surface area contributed by atoms with E-state index in [0.29, 0.717) is 0 Å². The van der Waals surface area contributed by atoms with Gasteiger partial charge in [-0.25, -0.2) is 0 Å². The number of non-ortho nitro benzene ring substituents is 1. The summed E-state index contributed by atoms with van der Waals surface area (Å²) in [6.07, 6.45) is 0. The van der Waals surface area contributed by atoms with Gasteiger partial charge in [-0.15, -0.1) is 0 Å². The van der Waals surface area contributed by atoms with Crippen LogP contribution in [0.1, 0.15) is 18.5 Å². The molecule has 2 N–H and O–H groups in total. The Hall–Kier alpha value is -1.42. The molecule has 0 saturated carbocycles. The first-order valence-electron chi connectivity index (χ1n) is 3.61. The minimum Gasteiger partial charge on any atom is -0.324 e. The van der Waals surface area contributed by atoms with Crippen LogP contribution in [0.3, 0.4) is 0 Å². The molecule has 1 rings (SSSR count). The second kappa shape index (κ2) is 3.32. The van der Waals surface area contributed by atoms with Gasteiger partial charge in [0.15, 0.2) is 0 Å². The Morgan fingerprint density at radius 3 is 2.75 bits per heavy atom. The summed E-state index contributed by atoms with van der Waals surface area (Å²) in [6.45, 7) is 1.79. The highest BCUT2D eigenvalue weighted by Crippen LogP contribution is 2.16. The van der Waals surface area contributed by atoms with Crippen molar-refractivity contribution in [2.45, 2.75) is 13.0 Å². The molecule has 0 spiro atoms. The summed E-state index contributed by atoms with van der Waals surface area (Å²) >= 11 is 0. The number of hydrogen-bond donors (Lipinski definition) is 1. The van der Waals surface area contributed by atoms with Crippen LogP contribution in [0.5, 0.6) is 0 Å². The number of hydrogen-bond acceptors (Lipinski definition) is 3. The Balaban J connectivity index is 3.04. The van der Waals surface area contributed by atoms with Crippen LogP contribution in [0, 0.1) is 10.1 Å². The van der Waals surface area contributed by atoms with Crippen molar-refractivity contribution in [2.24, 2.45) is 5.73 Å². The molecule has 0 aliphatic rings. The van der Waals surface area contributed by atoms with E-state index in [2.05, 4.69) is 0 Å². The van der Waals surface area contributed by atoms with E-state index in [9.17, 15) is 10.1 Å². The molecule has 1 aromatic rings. The van der Waals surface area contributed by atoms with E-state index >= 15 is 0 Å². The van der Waals surface area contributed by atoms with Gasteiger partial charge < -0.3 is 5.73 Å². The lowest BCUT2D eigenvalue weighted by molar-refractivity contribution is -0.384. The lowest BCUT2D eigenvalue weighted by atomic mass is 10.1. The zero-order valence-corrected chi connectivity index (χ0v) is 6.73. The van der Waals surface area contributed by atoms with Crippen LogP contribution in [-0.4, -0.2) is 4.92 Å². The minimum absolute atomic E-state index is 0.0878. The molecule has 4 heteroatoms. The fourth-order valence-corrected chi connectivity index (χ4v) is 0.922. The number of nitro groups is 1. The molecule has 1 aromatic carbocycles. The van der Waals surface area contributed by atoms with E-state index in [1.807, 2.05) is 0 Å². The van der Waals surface area contributed by atoms with Crippen molar-refractivity contribution < 1.29 is 4.92 Å². The van der Waals surface area contributed by atoms with Gasteiger partial charge in [-0.05, 0) is 12.5 Å². The highest BCUT2D eigenvalue weighted by molar-refractivity contribution is 5.35. The van der Waals surface area contributed by atoms with Gasteiger partial charge in [-0.2, -0.15) is 0 Å². The largest absolute Gasteiger partial charge is 0.324 e. The third kappa shape index (κ3) is 1.79. The number of benzene rings is 1. The maximum absolute atomic E-state index is 10.3. The fourth-order valence-electron chi connectivity index (χ4n) is 0.922. The summed E-state index contributed by atoms with van der Waals surface area (Å²) in [5.74, 6) is 0. The predicted molar refractivity (Wildman–Crippen MR) is 45.7 cm³/mol. The summed E-state index contributed by atoms with van der Waals surface area (Å²) in [5.41, 5.74) is 6.43. The first kappa shape index (κ1) is 8.67. The van der Waals surface area contributed by atoms with Gasteiger partial charge in [0.05, 0.1) is 4.92 Å². The van der Waals surface area contributed by atoms with Crippen LogP contribution in [0.4, 0.5) is 5.69 Å². The van der Waals surface area contributed by atoms with Crippen LogP contribution in [-0.2, 0) is 0 Å². The van der Waals surface area contributed by atoms with Gasteiger partial charge in [0.2, 0.25) is 0 Å². The summed E-state index contributed by atoms with van der Waals surface area (Å²) in [4.78, 5) is 9.92. The Bertz CT molecular complexity index is 297. The van der Waals surface area contributed by atoms with Gasteiger partial charge in [0.1, 0.15) is 0 Å². The van der Waals surface area contributed by atoms with Crippen LogP contribution in [0.2, 0.25) is 0 Å². The molecule has 0 amide bonds. The first-order chi connectivity index (χ1) is 5.61. The third-order valence-electron chi connectivity index (χ3n) is 1.61. The second-order valence-electron chi connectivity index (χ2n) is 2.64. The highest BCUT2D eigenvalue weighted by Gasteiger charge is 2.06. The Morgan fingerprint density at radius 1 is 1.58 bits per heavy atom. The number of nitro benzene ring substituents is 1. The van der Waals surface area contributed by atoms with Crippen molar-refractivity contribution in [3.05, 3.63) is 39.9 Å². The average Bonchev–Trinajstić information content (AvgIpc) is 2.04. The lowest BCUT2D eigenvalue weighted by Gasteiger charge is -2.03. The minimum atomic E-state index is -0.425. The molecular formula is C8H10N2O2. The number of rotatable bonds is 2. The van der Waals surface area contributed by atoms with Gasteiger partial charge in [-0.3, -0.25) is 10.1 Å². The highest BCUT2D eigenvalue weighted by atomic mass is 16.6. The molecule has 0 saturated heterocycles. The molecule has 4 nitrogen and oxygen atoms in total. The smallest absolute Gasteiger partial charge is 0.269 e. The van der Waals surface area contributed by atoms with Gasteiger partial charge in [-0.1, -0.05) is 12.1 Å². The van der Waals surface area contributed by atoms with E-state index in [1.54, 1.807) is 19.1 Å². The molecular weight excluding hydrogens is 156 g/mol. The normalized spacial score (nSPS) is 12.5. The Morgan fingerprint density at radius 2 is 2.25 bits per heavy atom. The molecule has 0 aromatic heterocycles. The Labute approximate surface area is 70.2 Å². The van der Waals surface area contributed by atoms with Crippen LogP contribution in [0.15, 0.2) is 24.3 Å². The number of nitrogens with two attached hydrogens (primary N) is 1. The molecule has 0 bridgehead atoms. The molecule has 0 aliphatic heterocycles. The summed E-state index contributed by atoms with van der Waals surface area (Å²) < 4.78 is 0. The second-order valence-corrected chi connectivity index (χ2v) is 2.64. The molecule has 1 atom stereocenters. The summed E-state index contributed by atoms with van der Waals surface area (Å²) in [7, 11) is 0. The zero-order valence-electron chi connectivity index (χ0n) is 6.73. The Kier molecular flexibility index (Phi) is 2.40. The SMILES string of the molecule is C[C@H](N)c1cccc([N+](=O)[O-])c1. The van der Waals surface area contributed by atoms with Crippen LogP contribution >= 0.6 is 0 Å². The van der Waals surface area contributed by atoms with Crippen molar-refractivity contribution in [3.63, 3.8) is 0 Å². The maximum Gasteiger partial charge on any atom is 0.269 e. The lowest BCUT2D eigenvalue weighted by Crippen LogP contribution is -2.04. The summed E-state index contributed by atoms with van der Waals surface area (Å²) in [5, 5.41) is 10.3. The van der Waals surface area contributed by atoms with E-state index in [0.717, 1.165) is 5.56 Å². The van der Waals surface area contributed by atoms with E-state index in [4.69, 9.17) is 5.73 Å². The zero-order chi connectivity index (χ0) is 9.14. The first-order valence-corrected chi connectivity index (χ1v) is 3.61. The van der Waals surface area contributed by atoms with E-state index in [-0.39, 0.29) is 11.7 Å². The van der Waals surface area contributed by atoms with Gasteiger partial charge in [0.25, 0.3) is 5.69 Å². The molecule has 0 aliphatic carbocycles. The molecule has 0 heterocycles. The number of nitrogens with zero attached hydrogens (tertiary/aromatic N) is 1. The van der Waals surface area contributed by atoms with Crippen LogP contribution < -0.4 is 5.73 Å². The molecule has 0 radical (unpaired) electrons. The van der Waals surface area contributed by atoms with Gasteiger partial charge in [0, 0.05) is 18.2 Å². The van der Waals surface area contributed by atoms with Crippen molar-refractivity contribution in [1.82, 2.24) is 0 Å². The quantitative estimate of drug-likeness (QED) is 0.536. The van der Waals surface area contributed by atoms with E-state index < -0.39 is 4.92 Å². The molecule has 0 unspecified atom stereocenters. The van der Waals surface area contributed by atoms with Crippen LogP contribution in [0.25, 0.3) is 0 Å². The van der Waals surface area contributed by atoms with Crippen molar-refractivity contribution in [2.75, 3.05) is 0 Å². The molecule has 64 valence electrons. The predicted octanol–water partition coefficient (Wildman–Crippen LogP) is 1.61. The van der Waals surface area contributed by atoms with Crippen molar-refractivity contribution in [3.8, 4) is 0 Å². The van der Waals surface area contributed by atoms with E-state index in [1.165, 1.54) is 12.1 Å². The fraction of sp³-hybridized carbons (Fsp3) is 0.250. The average molecular weight is 166 g/mol. The third-order valence-corrected chi connectivity index (χ3v) is 1.61. The molecule has 12 heavy (non-hydrogen) atoms. The van der Waals surface area contributed by atoms with Crippen molar-refractivity contribution in [1.29, 1.82) is 0 Å². The van der Waals surface area contributed by atoms with Gasteiger partial charge >= 0.3 is 0 Å². The monoisotopic (exact) mass is 166 g/mol. The standard InChI is InChI=1S/C8H10N2O2/c1-6(9)7-3-2-4-8(5-7)10(11)12/h2-6H,9H2,1H3/t6-/m0/s1. The topological polar surface area (TPSA) is 69.2 Å². The maximum atomic E-state index is 10.3. The van der Waals surface area contributed by atoms with Crippen molar-refractivity contribution >= 4 is 5.69 Å². The molecule has 0 fully saturated rings.